The molecule has 0 aliphatic heterocycles. The number of unbranched alkanes of at least 4 members (excludes halogenated alkanes) is 1. The average molecular weight is 552 g/mol. The highest BCUT2D eigenvalue weighted by Gasteiger charge is 2.34. The first-order valence-corrected chi connectivity index (χ1v) is 14.4. The molecule has 2 aromatic rings. The molecule has 216 valence electrons. The van der Waals surface area contributed by atoms with Crippen molar-refractivity contribution in [1.29, 1.82) is 0 Å². The molecular weight excluding hydrogens is 510 g/mol. The van der Waals surface area contributed by atoms with Gasteiger partial charge in [0.1, 0.15) is 11.2 Å². The second kappa shape index (κ2) is 12.7. The molecule has 1 aromatic heterocycles. The highest BCUT2D eigenvalue weighted by atomic mass is 16.6. The van der Waals surface area contributed by atoms with Gasteiger partial charge in [0, 0.05) is 11.6 Å². The molecule has 1 amide bonds. The molecule has 0 spiro atoms. The lowest BCUT2D eigenvalue weighted by atomic mass is 9.87. The van der Waals surface area contributed by atoms with Gasteiger partial charge in [-0.25, -0.2) is 14.3 Å². The maximum absolute atomic E-state index is 12.7. The third kappa shape index (κ3) is 7.52. The van der Waals surface area contributed by atoms with Gasteiger partial charge in [0.15, 0.2) is 0 Å². The lowest BCUT2D eigenvalue weighted by Gasteiger charge is -2.22. The Bertz CT molecular complexity index is 1270. The van der Waals surface area contributed by atoms with Crippen LogP contribution in [0.25, 0.3) is 11.3 Å². The number of aromatic nitrogens is 2. The number of rotatable bonds is 10. The zero-order chi connectivity index (χ0) is 28.9. The van der Waals surface area contributed by atoms with Gasteiger partial charge < -0.3 is 14.2 Å². The van der Waals surface area contributed by atoms with E-state index in [0.717, 1.165) is 61.8 Å². The highest BCUT2D eigenvalue weighted by Crippen LogP contribution is 2.43. The number of nitrogens with zero attached hydrogens (tertiary/aromatic N) is 2. The summed E-state index contributed by atoms with van der Waals surface area (Å²) < 4.78 is 18.1. The fraction of sp³-hybridized carbons (Fsp3) is 0.548. The predicted octanol–water partition coefficient (Wildman–Crippen LogP) is 6.80. The van der Waals surface area contributed by atoms with E-state index in [-0.39, 0.29) is 24.4 Å². The first kappa shape index (κ1) is 29.4. The Morgan fingerprint density at radius 3 is 2.52 bits per heavy atom. The first-order valence-electron chi connectivity index (χ1n) is 14.4. The normalized spacial score (nSPS) is 17.1. The SMILES string of the molecule is CCCCOC(=O)C1C=C(c2cc(NC(=O)OC(C)(C)C)cc(-n3ncc(C(=O)OCC)c3C3CC3)c2)CCC1. The van der Waals surface area contributed by atoms with Crippen molar-refractivity contribution in [2.75, 3.05) is 18.5 Å². The van der Waals surface area contributed by atoms with E-state index in [1.54, 1.807) is 17.8 Å². The van der Waals surface area contributed by atoms with E-state index in [4.69, 9.17) is 14.2 Å². The van der Waals surface area contributed by atoms with Gasteiger partial charge in [-0.3, -0.25) is 10.1 Å². The monoisotopic (exact) mass is 551 g/mol. The van der Waals surface area contributed by atoms with E-state index in [1.165, 1.54) is 0 Å². The summed E-state index contributed by atoms with van der Waals surface area (Å²) >= 11 is 0. The minimum atomic E-state index is -0.655. The van der Waals surface area contributed by atoms with Crippen LogP contribution in [0, 0.1) is 5.92 Å². The maximum Gasteiger partial charge on any atom is 0.412 e. The summed E-state index contributed by atoms with van der Waals surface area (Å²) in [5.74, 6) is -0.688. The second-order valence-electron chi connectivity index (χ2n) is 11.5. The molecule has 1 aromatic carbocycles. The summed E-state index contributed by atoms with van der Waals surface area (Å²) in [7, 11) is 0. The van der Waals surface area contributed by atoms with Crippen molar-refractivity contribution >= 4 is 29.3 Å². The van der Waals surface area contributed by atoms with Crippen molar-refractivity contribution in [3.8, 4) is 5.69 Å². The van der Waals surface area contributed by atoms with Crippen molar-refractivity contribution < 1.29 is 28.6 Å². The van der Waals surface area contributed by atoms with Gasteiger partial charge in [0.05, 0.1) is 36.7 Å². The smallest absolute Gasteiger partial charge is 0.412 e. The number of carbonyl (C=O) groups excluding carboxylic acids is 3. The van der Waals surface area contributed by atoms with Crippen molar-refractivity contribution in [3.05, 3.63) is 47.3 Å². The topological polar surface area (TPSA) is 109 Å². The number of allylic oxidation sites excluding steroid dienone is 1. The zero-order valence-electron chi connectivity index (χ0n) is 24.2. The van der Waals surface area contributed by atoms with Crippen molar-refractivity contribution in [3.63, 3.8) is 0 Å². The molecule has 1 fully saturated rings. The fourth-order valence-electron chi connectivity index (χ4n) is 4.86. The molecular formula is C31H41N3O6. The van der Waals surface area contributed by atoms with Crippen LogP contribution in [-0.2, 0) is 19.0 Å². The van der Waals surface area contributed by atoms with Crippen LogP contribution in [0.5, 0.6) is 0 Å². The number of hydrogen-bond donors (Lipinski definition) is 1. The summed E-state index contributed by atoms with van der Waals surface area (Å²) in [6.45, 7) is 9.98. The molecule has 9 nitrogen and oxygen atoms in total. The number of amides is 1. The third-order valence-corrected chi connectivity index (χ3v) is 6.85. The molecule has 1 N–H and O–H groups in total. The van der Waals surface area contributed by atoms with Crippen LogP contribution in [0.4, 0.5) is 10.5 Å². The van der Waals surface area contributed by atoms with E-state index in [9.17, 15) is 14.4 Å². The summed E-state index contributed by atoms with van der Waals surface area (Å²) in [5, 5.41) is 7.44. The number of esters is 2. The van der Waals surface area contributed by atoms with E-state index in [2.05, 4.69) is 17.3 Å². The highest BCUT2D eigenvalue weighted by molar-refractivity contribution is 5.91. The number of carbonyl (C=O) groups is 3. The zero-order valence-corrected chi connectivity index (χ0v) is 24.2. The van der Waals surface area contributed by atoms with Gasteiger partial charge >= 0.3 is 18.0 Å². The van der Waals surface area contributed by atoms with Crippen LogP contribution in [0.1, 0.15) is 107 Å². The summed E-state index contributed by atoms with van der Waals surface area (Å²) in [6, 6.07) is 5.70. The Morgan fingerprint density at radius 1 is 1.07 bits per heavy atom. The Kier molecular flexibility index (Phi) is 9.32. The Balaban J connectivity index is 1.73. The molecule has 4 rings (SSSR count). The van der Waals surface area contributed by atoms with E-state index in [0.29, 0.717) is 23.5 Å². The maximum atomic E-state index is 12.7. The number of ether oxygens (including phenoxy) is 3. The van der Waals surface area contributed by atoms with Gasteiger partial charge in [-0.05, 0) is 95.6 Å². The number of benzene rings is 1. The van der Waals surface area contributed by atoms with Crippen LogP contribution in [0.2, 0.25) is 0 Å². The van der Waals surface area contributed by atoms with Crippen LogP contribution in [0.15, 0.2) is 30.5 Å². The van der Waals surface area contributed by atoms with Gasteiger partial charge in [-0.1, -0.05) is 19.4 Å². The lowest BCUT2D eigenvalue weighted by Crippen LogP contribution is -2.27. The average Bonchev–Trinajstić information content (AvgIpc) is 3.64. The number of anilines is 1. The van der Waals surface area contributed by atoms with Gasteiger partial charge in [0.2, 0.25) is 0 Å². The van der Waals surface area contributed by atoms with Crippen molar-refractivity contribution in [1.82, 2.24) is 9.78 Å². The molecule has 1 atom stereocenters. The van der Waals surface area contributed by atoms with E-state index < -0.39 is 17.7 Å². The third-order valence-electron chi connectivity index (χ3n) is 6.85. The molecule has 1 unspecified atom stereocenters. The molecule has 2 aliphatic rings. The molecule has 2 aliphatic carbocycles. The standard InChI is InChI=1S/C31H41N3O6/c1-6-8-14-39-28(35)22-11-9-10-21(15-22)23-16-24(33-30(37)40-31(3,4)5)18-25(17-23)34-27(20-12-13-20)26(19-32-34)29(36)38-7-2/h15-20,22H,6-14H2,1-5H3,(H,33,37). The molecule has 0 radical (unpaired) electrons. The number of nitrogens with one attached hydrogen (secondary N) is 1. The summed E-state index contributed by atoms with van der Waals surface area (Å²) in [4.78, 5) is 38.1. The van der Waals surface area contributed by atoms with Crippen molar-refractivity contribution in [2.24, 2.45) is 5.92 Å². The lowest BCUT2D eigenvalue weighted by molar-refractivity contribution is -0.147. The largest absolute Gasteiger partial charge is 0.465 e. The van der Waals surface area contributed by atoms with E-state index in [1.807, 2.05) is 45.0 Å². The molecule has 0 bridgehead atoms. The molecule has 0 saturated heterocycles. The molecule has 40 heavy (non-hydrogen) atoms. The van der Waals surface area contributed by atoms with Crippen molar-refractivity contribution in [2.45, 2.75) is 91.1 Å². The predicted molar refractivity (Wildman–Crippen MR) is 153 cm³/mol. The quantitative estimate of drug-likeness (QED) is 0.196. The molecule has 1 saturated carbocycles. The van der Waals surface area contributed by atoms with Crippen LogP contribution in [-0.4, -0.2) is 46.6 Å². The summed E-state index contributed by atoms with van der Waals surface area (Å²) in [5.41, 5.74) is 3.72. The van der Waals surface area contributed by atoms with Gasteiger partial charge in [0.25, 0.3) is 0 Å². The van der Waals surface area contributed by atoms with Gasteiger partial charge in [-0.15, -0.1) is 0 Å². The van der Waals surface area contributed by atoms with Crippen LogP contribution in [0.3, 0.4) is 0 Å². The Labute approximate surface area is 236 Å². The second-order valence-corrected chi connectivity index (χ2v) is 11.5. The van der Waals surface area contributed by atoms with Gasteiger partial charge in [-0.2, -0.15) is 5.10 Å². The minimum Gasteiger partial charge on any atom is -0.465 e. The van der Waals surface area contributed by atoms with Crippen LogP contribution >= 0.6 is 0 Å². The number of hydrogen-bond acceptors (Lipinski definition) is 7. The van der Waals surface area contributed by atoms with Crippen LogP contribution < -0.4 is 5.32 Å². The first-order chi connectivity index (χ1) is 19.1. The minimum absolute atomic E-state index is 0.198. The molecule has 9 heteroatoms. The summed E-state index contributed by atoms with van der Waals surface area (Å²) in [6.07, 6.45) is 9.10. The molecule has 1 heterocycles. The fourth-order valence-corrected chi connectivity index (χ4v) is 4.86. The van der Waals surface area contributed by atoms with E-state index >= 15 is 0 Å². The Morgan fingerprint density at radius 2 is 1.85 bits per heavy atom. The Hall–Kier alpha value is -3.62.